The van der Waals surface area contributed by atoms with E-state index in [1.807, 2.05) is 41.8 Å². The van der Waals surface area contributed by atoms with Gasteiger partial charge in [-0.1, -0.05) is 20.8 Å². The molecule has 4 N–H and O–H groups in total. The second kappa shape index (κ2) is 16.6. The number of esters is 1. The predicted octanol–water partition coefficient (Wildman–Crippen LogP) is 3.38. The molecule has 0 aliphatic carbocycles. The van der Waals surface area contributed by atoms with Crippen molar-refractivity contribution in [2.45, 2.75) is 179 Å². The molecule has 4 rings (SSSR count). The second-order valence-corrected chi connectivity index (χ2v) is 17.6. The van der Waals surface area contributed by atoms with Gasteiger partial charge in [0.15, 0.2) is 18.7 Å². The predicted molar refractivity (Wildman–Crippen MR) is 193 cm³/mol. The van der Waals surface area contributed by atoms with Crippen molar-refractivity contribution in [2.24, 2.45) is 17.8 Å². The van der Waals surface area contributed by atoms with E-state index in [0.29, 0.717) is 18.6 Å². The van der Waals surface area contributed by atoms with Gasteiger partial charge in [0.05, 0.1) is 50.0 Å². The molecular formula is C39H69FNO12+. The number of likely N-dealkylation sites (N-methyl/N-ethyl adjacent to an activating group) is 1. The number of cyclic esters (lactones) is 1. The first kappa shape index (κ1) is 44.3. The average Bonchev–Trinajstić information content (AvgIpc) is 3.40. The van der Waals surface area contributed by atoms with E-state index in [-0.39, 0.29) is 30.0 Å². The average molecular weight is 763 g/mol. The number of quaternary nitrogens is 1. The molecule has 0 amide bonds. The summed E-state index contributed by atoms with van der Waals surface area (Å²) in [6.07, 6.45) is -8.27. The zero-order valence-corrected chi connectivity index (χ0v) is 34.2. The number of aliphatic hydroxyl groups excluding tert-OH is 3. The Morgan fingerprint density at radius 1 is 0.981 bits per heavy atom. The van der Waals surface area contributed by atoms with Gasteiger partial charge < -0.3 is 58.1 Å². The molecule has 0 spiro atoms. The Morgan fingerprint density at radius 2 is 1.62 bits per heavy atom. The minimum absolute atomic E-state index is 0.144. The van der Waals surface area contributed by atoms with Crippen molar-refractivity contribution in [1.82, 2.24) is 0 Å². The number of methoxy groups -OCH3 is 1. The van der Waals surface area contributed by atoms with Gasteiger partial charge in [0.1, 0.15) is 54.5 Å². The Kier molecular flexibility index (Phi) is 13.8. The smallest absolute Gasteiger partial charge is 0.311 e. The van der Waals surface area contributed by atoms with Gasteiger partial charge in [-0.25, -0.2) is 4.39 Å². The number of carbonyl (C=O) groups excluding carboxylic acids is 1. The van der Waals surface area contributed by atoms with E-state index in [2.05, 4.69) is 0 Å². The number of hydrogen-bond donors (Lipinski definition) is 4. The molecular weight excluding hydrogens is 693 g/mol. The lowest BCUT2D eigenvalue weighted by molar-refractivity contribution is -0.921. The van der Waals surface area contributed by atoms with Gasteiger partial charge in [0.2, 0.25) is 0 Å². The summed E-state index contributed by atoms with van der Waals surface area (Å²) in [5.74, 6) is -2.52. The van der Waals surface area contributed by atoms with Crippen LogP contribution in [0.1, 0.15) is 94.9 Å². The summed E-state index contributed by atoms with van der Waals surface area (Å²) in [6, 6.07) is -0.406. The first-order valence-corrected chi connectivity index (χ1v) is 19.4. The molecule has 0 radical (unpaired) electrons. The highest BCUT2D eigenvalue weighted by molar-refractivity contribution is 5.73. The zero-order chi connectivity index (χ0) is 40.0. The number of carbonyl (C=O) groups is 1. The monoisotopic (exact) mass is 762 g/mol. The summed E-state index contributed by atoms with van der Waals surface area (Å²) >= 11 is 0. The Labute approximate surface area is 315 Å². The maximum atomic E-state index is 14.2. The van der Waals surface area contributed by atoms with E-state index in [9.17, 15) is 29.6 Å². The van der Waals surface area contributed by atoms with E-state index >= 15 is 0 Å². The van der Waals surface area contributed by atoms with Crippen LogP contribution in [0.15, 0.2) is 11.3 Å². The van der Waals surface area contributed by atoms with Gasteiger partial charge in [-0.2, -0.15) is 0 Å². The maximum absolute atomic E-state index is 14.2. The summed E-state index contributed by atoms with van der Waals surface area (Å²) in [6.45, 7) is 17.4. The van der Waals surface area contributed by atoms with Gasteiger partial charge in [0, 0.05) is 38.2 Å². The third kappa shape index (κ3) is 8.77. The first-order chi connectivity index (χ1) is 24.5. The number of rotatable bonds is 9. The standard InChI is InChI=1S/C39H69FNO12/c1-14-27-39(10,46)32(43)22(4)30-20(2)18-38(9,53-30)34(52-36-29(42)26(17-21(3)48-36)41(11,12)16-15-40)23(5)31(24(6)35(45)50-27)51-28-19-37(8,47-13)33(44)25(7)49-28/h21-29,31-34,36,42-44,46H,14-19H2,1-13H3/q+1/t21-,22+,23+,24-,25+,26+,27-,28+,29-,31+,32-,33+,34-,36+,37-,38-,39-/m1/s1. The number of ether oxygens (including phenoxy) is 7. The SMILES string of the molecule is CC[C@H]1OC(=O)[C@H](C)[C@@H](O[C@H]2C[C@@](C)(OC)[C@@H](O)[C@H](C)O2)[C@H](C)[C@@H](O[C@@H]2O[C@H](C)C[C@H]([N+](C)(C)CCF)[C@H]2O)[C@@]2(C)CC(C)=C(O2)[C@H](C)[C@@H](O)[C@]1(C)O. The largest absolute Gasteiger partial charge is 0.489 e. The third-order valence-electron chi connectivity index (χ3n) is 12.8. The third-order valence-corrected chi connectivity index (χ3v) is 12.8. The van der Waals surface area contributed by atoms with E-state index in [4.69, 9.17) is 33.2 Å². The lowest BCUT2D eigenvalue weighted by Gasteiger charge is -2.49. The molecule has 0 aromatic rings. The van der Waals surface area contributed by atoms with Crippen LogP contribution < -0.4 is 0 Å². The number of aliphatic hydroxyl groups is 4. The topological polar surface area (TPSA) is 163 Å². The summed E-state index contributed by atoms with van der Waals surface area (Å²) in [4.78, 5) is 14.2. The molecule has 0 aromatic carbocycles. The van der Waals surface area contributed by atoms with Crippen LogP contribution in [0.25, 0.3) is 0 Å². The van der Waals surface area contributed by atoms with E-state index in [1.54, 1.807) is 34.6 Å². The Balaban J connectivity index is 1.85. The number of halogens is 1. The van der Waals surface area contributed by atoms with Crippen molar-refractivity contribution in [2.75, 3.05) is 34.4 Å². The molecule has 0 unspecified atom stereocenters. The highest BCUT2D eigenvalue weighted by Gasteiger charge is 2.57. The number of fused-ring (bicyclic) bond motifs is 2. The fourth-order valence-electron chi connectivity index (χ4n) is 9.29. The molecule has 53 heavy (non-hydrogen) atoms. The quantitative estimate of drug-likeness (QED) is 0.201. The Morgan fingerprint density at radius 3 is 2.21 bits per heavy atom. The lowest BCUT2D eigenvalue weighted by atomic mass is 9.78. The molecule has 2 bridgehead atoms. The van der Waals surface area contributed by atoms with Crippen LogP contribution >= 0.6 is 0 Å². The minimum Gasteiger partial charge on any atom is -0.489 e. The van der Waals surface area contributed by atoms with E-state index < -0.39 is 109 Å². The van der Waals surface area contributed by atoms with Crippen molar-refractivity contribution in [3.63, 3.8) is 0 Å². The Hall–Kier alpha value is -1.46. The van der Waals surface area contributed by atoms with Gasteiger partial charge >= 0.3 is 5.97 Å². The molecule has 0 aromatic heterocycles. The molecule has 3 fully saturated rings. The van der Waals surface area contributed by atoms with Gasteiger partial charge in [-0.05, 0) is 60.5 Å². The summed E-state index contributed by atoms with van der Waals surface area (Å²) < 4.78 is 58.7. The first-order valence-electron chi connectivity index (χ1n) is 19.4. The van der Waals surface area contributed by atoms with Gasteiger partial charge in [0.25, 0.3) is 0 Å². The van der Waals surface area contributed by atoms with Crippen LogP contribution in [0.2, 0.25) is 0 Å². The molecule has 4 heterocycles. The van der Waals surface area contributed by atoms with Crippen molar-refractivity contribution >= 4 is 5.97 Å². The maximum Gasteiger partial charge on any atom is 0.311 e. The van der Waals surface area contributed by atoms with E-state index in [1.165, 1.54) is 14.0 Å². The molecule has 4 aliphatic heterocycles. The lowest BCUT2D eigenvalue weighted by Crippen LogP contribution is -2.64. The van der Waals surface area contributed by atoms with Crippen LogP contribution in [0.3, 0.4) is 0 Å². The normalized spacial score (nSPS) is 47.6. The molecule has 17 atom stereocenters. The molecule has 4 aliphatic rings. The highest BCUT2D eigenvalue weighted by atomic mass is 19.1. The van der Waals surface area contributed by atoms with Gasteiger partial charge in [-0.3, -0.25) is 4.79 Å². The highest BCUT2D eigenvalue weighted by Crippen LogP contribution is 2.47. The van der Waals surface area contributed by atoms with Crippen LogP contribution in [0.4, 0.5) is 4.39 Å². The molecule has 14 heteroatoms. The fraction of sp³-hybridized carbons (Fsp3) is 0.923. The minimum atomic E-state index is -1.85. The number of alkyl halides is 1. The van der Waals surface area contributed by atoms with Crippen LogP contribution in [0.5, 0.6) is 0 Å². The molecule has 0 saturated carbocycles. The second-order valence-electron chi connectivity index (χ2n) is 17.6. The number of nitrogens with zero attached hydrogens (tertiary/aromatic N) is 1. The van der Waals surface area contributed by atoms with Gasteiger partial charge in [-0.15, -0.1) is 0 Å². The van der Waals surface area contributed by atoms with Crippen LogP contribution in [-0.4, -0.2) is 150 Å². The van der Waals surface area contributed by atoms with Crippen molar-refractivity contribution in [3.05, 3.63) is 11.3 Å². The Bertz CT molecular complexity index is 1300. The van der Waals surface area contributed by atoms with Crippen LogP contribution in [-0.2, 0) is 38.0 Å². The molecule has 308 valence electrons. The summed E-state index contributed by atoms with van der Waals surface area (Å²) in [7, 11) is 5.27. The molecule has 13 nitrogen and oxygen atoms in total. The fourth-order valence-corrected chi connectivity index (χ4v) is 9.29. The summed E-state index contributed by atoms with van der Waals surface area (Å²) in [5, 5.41) is 46.3. The van der Waals surface area contributed by atoms with Crippen molar-refractivity contribution in [3.8, 4) is 0 Å². The summed E-state index contributed by atoms with van der Waals surface area (Å²) in [5.41, 5.74) is -3.16. The van der Waals surface area contributed by atoms with Crippen molar-refractivity contribution < 1.29 is 67.3 Å². The van der Waals surface area contributed by atoms with Crippen LogP contribution in [0, 0.1) is 17.8 Å². The van der Waals surface area contributed by atoms with Crippen molar-refractivity contribution in [1.29, 1.82) is 0 Å². The zero-order valence-electron chi connectivity index (χ0n) is 34.2. The molecule has 3 saturated heterocycles. The number of hydrogen-bond acceptors (Lipinski definition) is 12. The van der Waals surface area contributed by atoms with E-state index in [0.717, 1.165) is 5.57 Å².